The lowest BCUT2D eigenvalue weighted by Gasteiger charge is -2.33. The van der Waals surface area contributed by atoms with Gasteiger partial charge in [-0.05, 0) is 19.8 Å². The van der Waals surface area contributed by atoms with Crippen LogP contribution in [0.3, 0.4) is 0 Å². The van der Waals surface area contributed by atoms with Crippen molar-refractivity contribution in [2.24, 2.45) is 4.99 Å². The maximum absolute atomic E-state index is 5.35. The van der Waals surface area contributed by atoms with E-state index in [2.05, 4.69) is 91.7 Å². The highest BCUT2D eigenvalue weighted by Crippen LogP contribution is 2.40. The smallest absolute Gasteiger partial charge is 0.146 e. The summed E-state index contributed by atoms with van der Waals surface area (Å²) in [5.41, 5.74) is 5.60. The SMILES string of the molecule is Cc1ccc(C(=Nc2sc(-c3ccccc3)nc2-c2ccccc2)N(C)C2CCCCC2)cc1. The van der Waals surface area contributed by atoms with Gasteiger partial charge in [-0.2, -0.15) is 0 Å². The van der Waals surface area contributed by atoms with Gasteiger partial charge in [0.05, 0.1) is 0 Å². The van der Waals surface area contributed by atoms with E-state index in [1.54, 1.807) is 11.3 Å². The van der Waals surface area contributed by atoms with Gasteiger partial charge in [0.25, 0.3) is 0 Å². The number of aromatic nitrogens is 1. The average Bonchev–Trinajstić information content (AvgIpc) is 3.33. The van der Waals surface area contributed by atoms with Crippen molar-refractivity contribution in [3.05, 3.63) is 96.1 Å². The van der Waals surface area contributed by atoms with Crippen molar-refractivity contribution < 1.29 is 0 Å². The molecule has 1 fully saturated rings. The minimum atomic E-state index is 0.524. The minimum Gasteiger partial charge on any atom is -0.356 e. The number of amidine groups is 1. The summed E-state index contributed by atoms with van der Waals surface area (Å²) >= 11 is 1.67. The van der Waals surface area contributed by atoms with E-state index in [4.69, 9.17) is 9.98 Å². The monoisotopic (exact) mass is 465 g/mol. The average molecular weight is 466 g/mol. The predicted molar refractivity (Wildman–Crippen MR) is 145 cm³/mol. The van der Waals surface area contributed by atoms with Crippen LogP contribution in [0.15, 0.2) is 89.9 Å². The first-order valence-electron chi connectivity index (χ1n) is 12.2. The first-order valence-corrected chi connectivity index (χ1v) is 13.0. The number of thiazole rings is 1. The molecule has 4 aromatic rings. The van der Waals surface area contributed by atoms with Crippen LogP contribution in [0.2, 0.25) is 0 Å². The molecule has 0 N–H and O–H groups in total. The summed E-state index contributed by atoms with van der Waals surface area (Å²) in [5.74, 6) is 1.03. The van der Waals surface area contributed by atoms with E-state index < -0.39 is 0 Å². The summed E-state index contributed by atoms with van der Waals surface area (Å²) < 4.78 is 0. The van der Waals surface area contributed by atoms with Gasteiger partial charge in [-0.3, -0.25) is 0 Å². The molecule has 172 valence electrons. The van der Waals surface area contributed by atoms with Crippen LogP contribution in [0.4, 0.5) is 5.00 Å². The number of hydrogen-bond donors (Lipinski definition) is 0. The molecular formula is C30H31N3S. The van der Waals surface area contributed by atoms with E-state index in [0.717, 1.165) is 38.2 Å². The summed E-state index contributed by atoms with van der Waals surface area (Å²) in [6.45, 7) is 2.13. The molecule has 1 saturated carbocycles. The summed E-state index contributed by atoms with van der Waals surface area (Å²) in [5, 5.41) is 1.96. The molecular weight excluding hydrogens is 434 g/mol. The molecule has 3 nitrogen and oxygen atoms in total. The Morgan fingerprint density at radius 3 is 2.09 bits per heavy atom. The third-order valence-corrected chi connectivity index (χ3v) is 7.65. The lowest BCUT2D eigenvalue weighted by atomic mass is 9.94. The van der Waals surface area contributed by atoms with Crippen LogP contribution < -0.4 is 0 Å². The molecule has 0 amide bonds. The zero-order chi connectivity index (χ0) is 23.3. The Balaban J connectivity index is 1.64. The molecule has 0 spiro atoms. The third kappa shape index (κ3) is 4.97. The number of rotatable bonds is 5. The quantitative estimate of drug-likeness (QED) is 0.220. The maximum Gasteiger partial charge on any atom is 0.146 e. The number of nitrogens with zero attached hydrogens (tertiary/aromatic N) is 3. The molecule has 34 heavy (non-hydrogen) atoms. The normalized spacial score (nSPS) is 14.8. The largest absolute Gasteiger partial charge is 0.356 e. The van der Waals surface area contributed by atoms with Gasteiger partial charge in [0.1, 0.15) is 21.5 Å². The van der Waals surface area contributed by atoms with Crippen molar-refractivity contribution in [2.45, 2.75) is 45.1 Å². The summed E-state index contributed by atoms with van der Waals surface area (Å²) in [7, 11) is 2.22. The van der Waals surface area contributed by atoms with Crippen molar-refractivity contribution in [1.29, 1.82) is 0 Å². The number of benzene rings is 3. The first kappa shape index (κ1) is 22.5. The van der Waals surface area contributed by atoms with E-state index in [-0.39, 0.29) is 0 Å². The highest BCUT2D eigenvalue weighted by atomic mass is 32.1. The summed E-state index contributed by atoms with van der Waals surface area (Å²) in [4.78, 5) is 12.8. The fourth-order valence-electron chi connectivity index (χ4n) is 4.66. The molecule has 1 aliphatic carbocycles. The fourth-order valence-corrected chi connectivity index (χ4v) is 5.63. The van der Waals surface area contributed by atoms with Crippen molar-refractivity contribution in [3.63, 3.8) is 0 Å². The van der Waals surface area contributed by atoms with Crippen LogP contribution in [-0.2, 0) is 0 Å². The molecule has 0 unspecified atom stereocenters. The second-order valence-electron chi connectivity index (χ2n) is 9.11. The Labute approximate surface area is 206 Å². The second kappa shape index (κ2) is 10.4. The molecule has 5 rings (SSSR count). The van der Waals surface area contributed by atoms with Gasteiger partial charge in [0.15, 0.2) is 0 Å². The van der Waals surface area contributed by atoms with Crippen molar-refractivity contribution in [3.8, 4) is 21.8 Å². The van der Waals surface area contributed by atoms with E-state index in [9.17, 15) is 0 Å². The highest BCUT2D eigenvalue weighted by molar-refractivity contribution is 7.19. The number of aryl methyl sites for hydroxylation is 1. The fraction of sp³-hybridized carbons (Fsp3) is 0.267. The van der Waals surface area contributed by atoms with Crippen molar-refractivity contribution >= 4 is 22.2 Å². The molecule has 1 aromatic heterocycles. The maximum atomic E-state index is 5.35. The Bertz CT molecular complexity index is 1240. The molecule has 0 radical (unpaired) electrons. The molecule has 0 atom stereocenters. The highest BCUT2D eigenvalue weighted by Gasteiger charge is 2.23. The first-order chi connectivity index (χ1) is 16.7. The Kier molecular flexibility index (Phi) is 6.87. The van der Waals surface area contributed by atoms with Gasteiger partial charge in [-0.1, -0.05) is 121 Å². The second-order valence-corrected chi connectivity index (χ2v) is 10.1. The standard InChI is InChI=1S/C30H31N3S/c1-22-18-20-24(21-19-22)28(33(2)26-16-10-5-11-17-26)32-30-27(23-12-6-3-7-13-23)31-29(34-30)25-14-8-4-9-15-25/h3-4,6-9,12-15,18-21,26H,5,10-11,16-17H2,1-2H3. The van der Waals surface area contributed by atoms with Crippen molar-refractivity contribution in [2.75, 3.05) is 7.05 Å². The summed E-state index contributed by atoms with van der Waals surface area (Å²) in [6.07, 6.45) is 6.39. The molecule has 0 bridgehead atoms. The summed E-state index contributed by atoms with van der Waals surface area (Å²) in [6, 6.07) is 30.1. The zero-order valence-corrected chi connectivity index (χ0v) is 20.8. The number of aliphatic imine (C=N–C) groups is 1. The lowest BCUT2D eigenvalue weighted by molar-refractivity contribution is 0.279. The zero-order valence-electron chi connectivity index (χ0n) is 19.9. The van der Waals surface area contributed by atoms with Gasteiger partial charge in [0, 0.05) is 29.8 Å². The van der Waals surface area contributed by atoms with Crippen LogP contribution in [0, 0.1) is 6.92 Å². The van der Waals surface area contributed by atoms with Gasteiger partial charge in [0.2, 0.25) is 0 Å². The Hall–Kier alpha value is -3.24. The van der Waals surface area contributed by atoms with Crippen LogP contribution >= 0.6 is 11.3 Å². The van der Waals surface area contributed by atoms with Gasteiger partial charge < -0.3 is 4.90 Å². The molecule has 1 heterocycles. The lowest BCUT2D eigenvalue weighted by Crippen LogP contribution is -2.38. The molecule has 0 aliphatic heterocycles. The van der Waals surface area contributed by atoms with Crippen LogP contribution in [0.25, 0.3) is 21.8 Å². The number of hydrogen-bond acceptors (Lipinski definition) is 3. The predicted octanol–water partition coefficient (Wildman–Crippen LogP) is 8.13. The minimum absolute atomic E-state index is 0.524. The van der Waals surface area contributed by atoms with Gasteiger partial charge in [-0.15, -0.1) is 0 Å². The van der Waals surface area contributed by atoms with E-state index in [0.29, 0.717) is 6.04 Å². The topological polar surface area (TPSA) is 28.5 Å². The third-order valence-electron chi connectivity index (χ3n) is 6.65. The van der Waals surface area contributed by atoms with E-state index >= 15 is 0 Å². The van der Waals surface area contributed by atoms with Gasteiger partial charge in [-0.25, -0.2) is 9.98 Å². The van der Waals surface area contributed by atoms with Crippen LogP contribution in [0.5, 0.6) is 0 Å². The molecule has 4 heteroatoms. The van der Waals surface area contributed by atoms with Crippen LogP contribution in [-0.4, -0.2) is 28.8 Å². The van der Waals surface area contributed by atoms with Gasteiger partial charge >= 0.3 is 0 Å². The van der Waals surface area contributed by atoms with E-state index in [1.165, 1.54) is 37.7 Å². The van der Waals surface area contributed by atoms with E-state index in [1.807, 2.05) is 12.1 Å². The molecule has 0 saturated heterocycles. The van der Waals surface area contributed by atoms with Crippen LogP contribution in [0.1, 0.15) is 43.2 Å². The Morgan fingerprint density at radius 1 is 0.824 bits per heavy atom. The Morgan fingerprint density at radius 2 is 1.44 bits per heavy atom. The van der Waals surface area contributed by atoms with Crippen molar-refractivity contribution in [1.82, 2.24) is 9.88 Å². The molecule has 3 aromatic carbocycles. The molecule has 1 aliphatic rings.